The van der Waals surface area contributed by atoms with Crippen LogP contribution in [-0.2, 0) is 14.9 Å². The summed E-state index contributed by atoms with van der Waals surface area (Å²) in [6.45, 7) is 4.41. The minimum Gasteiger partial charge on any atom is -0.462 e. The Morgan fingerprint density at radius 2 is 1.68 bits per heavy atom. The van der Waals surface area contributed by atoms with Gasteiger partial charge in [-0.1, -0.05) is 71.7 Å². The molecule has 1 amide bonds. The van der Waals surface area contributed by atoms with Crippen molar-refractivity contribution in [3.05, 3.63) is 105 Å². The van der Waals surface area contributed by atoms with E-state index in [1.807, 2.05) is 62.5 Å². The maximum Gasteiger partial charge on any atom is 0.313 e. The molecule has 216 valence electrons. The maximum atomic E-state index is 13.5. The Morgan fingerprint density at radius 1 is 0.976 bits per heavy atom. The largest absolute Gasteiger partial charge is 0.462 e. The van der Waals surface area contributed by atoms with Gasteiger partial charge in [-0.3, -0.25) is 9.59 Å². The van der Waals surface area contributed by atoms with Crippen LogP contribution in [0.2, 0.25) is 10.0 Å². The van der Waals surface area contributed by atoms with Gasteiger partial charge >= 0.3 is 5.97 Å². The van der Waals surface area contributed by atoms with Crippen molar-refractivity contribution in [1.82, 2.24) is 10.2 Å². The molecule has 5 nitrogen and oxygen atoms in total. The fourth-order valence-electron chi connectivity index (χ4n) is 6.60. The molecule has 1 spiro atoms. The van der Waals surface area contributed by atoms with Crippen molar-refractivity contribution in [1.29, 1.82) is 0 Å². The number of piperidine rings is 1. The fraction of sp³-hybridized carbons (Fsp3) is 0.412. The second-order valence-electron chi connectivity index (χ2n) is 11.6. The molecule has 3 atom stereocenters. The van der Waals surface area contributed by atoms with E-state index in [2.05, 4.69) is 23.5 Å². The zero-order valence-corrected chi connectivity index (χ0v) is 25.3. The summed E-state index contributed by atoms with van der Waals surface area (Å²) in [6, 6.07) is 23.3. The normalized spacial score (nSPS) is 18.9. The molecule has 0 radical (unpaired) electrons. The molecule has 3 aromatic carbocycles. The second kappa shape index (κ2) is 13.0. The Balaban J connectivity index is 1.26. The standard InChI is InChI=1S/C34H38Cl2N2O3/c1-23(41-33(40)28-21-34(16-18-37-19-17-34)29-11-7-6-10-27(28)29)12-13-26(25-14-15-30(35)31(36)20-25)22-38(2)32(39)24-8-4-3-5-9-24/h3-11,14-15,20,23,26,28,37H,12-13,16-19,21-22H2,1-2H3/t23?,26-,28?/m1/s1. The fourth-order valence-corrected chi connectivity index (χ4v) is 6.91. The minimum atomic E-state index is -0.264. The average Bonchev–Trinajstić information content (AvgIpc) is 3.30. The van der Waals surface area contributed by atoms with Crippen molar-refractivity contribution >= 4 is 35.1 Å². The monoisotopic (exact) mass is 592 g/mol. The molecule has 1 N–H and O–H groups in total. The van der Waals surface area contributed by atoms with Crippen LogP contribution in [-0.4, -0.2) is 49.6 Å². The van der Waals surface area contributed by atoms with Gasteiger partial charge < -0.3 is 15.0 Å². The first-order valence-electron chi connectivity index (χ1n) is 14.5. The van der Waals surface area contributed by atoms with Crippen LogP contribution in [0.4, 0.5) is 0 Å². The lowest BCUT2D eigenvalue weighted by molar-refractivity contribution is -0.150. The molecule has 0 bridgehead atoms. The molecule has 41 heavy (non-hydrogen) atoms. The number of hydrogen-bond donors (Lipinski definition) is 1. The van der Waals surface area contributed by atoms with Crippen molar-refractivity contribution in [3.8, 4) is 0 Å². The highest BCUT2D eigenvalue weighted by atomic mass is 35.5. The van der Waals surface area contributed by atoms with E-state index in [0.717, 1.165) is 49.9 Å². The van der Waals surface area contributed by atoms with Crippen LogP contribution in [0.5, 0.6) is 0 Å². The van der Waals surface area contributed by atoms with Gasteiger partial charge in [0, 0.05) is 25.1 Å². The first-order chi connectivity index (χ1) is 19.8. The molecular weight excluding hydrogens is 555 g/mol. The Morgan fingerprint density at radius 3 is 2.41 bits per heavy atom. The van der Waals surface area contributed by atoms with Crippen LogP contribution < -0.4 is 5.32 Å². The SMILES string of the molecule is CC(CC[C@H](CN(C)C(=O)c1ccccc1)c1ccc(Cl)c(Cl)c1)OC(=O)C1CC2(CCNCC2)c2ccccc21. The quantitative estimate of drug-likeness (QED) is 0.263. The Bertz CT molecular complexity index is 1370. The summed E-state index contributed by atoms with van der Waals surface area (Å²) >= 11 is 12.6. The van der Waals surface area contributed by atoms with Gasteiger partial charge in [0.2, 0.25) is 0 Å². The Labute approximate surface area is 253 Å². The average molecular weight is 594 g/mol. The third-order valence-corrected chi connectivity index (χ3v) is 9.60. The molecule has 3 aromatic rings. The zero-order chi connectivity index (χ0) is 29.0. The first-order valence-corrected chi connectivity index (χ1v) is 15.3. The highest BCUT2D eigenvalue weighted by molar-refractivity contribution is 6.42. The van der Waals surface area contributed by atoms with E-state index in [1.165, 1.54) is 5.56 Å². The van der Waals surface area contributed by atoms with Crippen LogP contribution in [0.25, 0.3) is 0 Å². The van der Waals surface area contributed by atoms with E-state index >= 15 is 0 Å². The molecule has 0 aromatic heterocycles. The lowest BCUT2D eigenvalue weighted by atomic mass is 9.74. The van der Waals surface area contributed by atoms with Gasteiger partial charge in [0.05, 0.1) is 22.1 Å². The number of nitrogens with one attached hydrogen (secondary N) is 1. The van der Waals surface area contributed by atoms with Crippen LogP contribution in [0, 0.1) is 0 Å². The van der Waals surface area contributed by atoms with Crippen LogP contribution in [0.15, 0.2) is 72.8 Å². The summed E-state index contributed by atoms with van der Waals surface area (Å²) in [5.41, 5.74) is 4.16. The highest BCUT2D eigenvalue weighted by Crippen LogP contribution is 2.51. The highest BCUT2D eigenvalue weighted by Gasteiger charge is 2.47. The number of carbonyl (C=O) groups is 2. The van der Waals surface area contributed by atoms with Crippen molar-refractivity contribution in [3.63, 3.8) is 0 Å². The molecule has 2 aliphatic rings. The Hall–Kier alpha value is -2.86. The number of nitrogens with zero attached hydrogens (tertiary/aromatic N) is 1. The van der Waals surface area contributed by atoms with Crippen LogP contribution in [0.3, 0.4) is 0 Å². The van der Waals surface area contributed by atoms with E-state index in [-0.39, 0.29) is 35.2 Å². The summed E-state index contributed by atoms with van der Waals surface area (Å²) < 4.78 is 6.09. The molecule has 2 unspecified atom stereocenters. The third-order valence-electron chi connectivity index (χ3n) is 8.86. The number of benzene rings is 3. The van der Waals surface area contributed by atoms with Gasteiger partial charge in [-0.05, 0) is 98.5 Å². The number of rotatable bonds is 9. The summed E-state index contributed by atoms with van der Waals surface area (Å²) in [7, 11) is 1.82. The third kappa shape index (κ3) is 6.63. The van der Waals surface area contributed by atoms with Gasteiger partial charge in [0.15, 0.2) is 0 Å². The maximum absolute atomic E-state index is 13.5. The van der Waals surface area contributed by atoms with E-state index in [0.29, 0.717) is 28.6 Å². The van der Waals surface area contributed by atoms with Gasteiger partial charge in [0.25, 0.3) is 5.91 Å². The number of hydrogen-bond acceptors (Lipinski definition) is 4. The molecule has 1 heterocycles. The molecule has 1 aliphatic heterocycles. The molecule has 0 saturated carbocycles. The minimum absolute atomic E-state index is 0.00574. The summed E-state index contributed by atoms with van der Waals surface area (Å²) in [4.78, 5) is 28.4. The van der Waals surface area contributed by atoms with Crippen molar-refractivity contribution in [2.75, 3.05) is 26.7 Å². The number of carbonyl (C=O) groups excluding carboxylic acids is 2. The first kappa shape index (κ1) is 29.6. The van der Waals surface area contributed by atoms with Crippen molar-refractivity contribution < 1.29 is 14.3 Å². The zero-order valence-electron chi connectivity index (χ0n) is 23.7. The summed E-state index contributed by atoms with van der Waals surface area (Å²) in [5, 5.41) is 4.44. The molecule has 5 rings (SSSR count). The number of ether oxygens (including phenoxy) is 1. The van der Waals surface area contributed by atoms with Crippen molar-refractivity contribution in [2.45, 2.75) is 62.4 Å². The Kier molecular flexibility index (Phi) is 9.38. The van der Waals surface area contributed by atoms with E-state index in [9.17, 15) is 9.59 Å². The number of likely N-dealkylation sites (N-methyl/N-ethyl adjacent to an activating group) is 1. The lowest BCUT2D eigenvalue weighted by Crippen LogP contribution is -2.38. The molecular formula is C34H38Cl2N2O3. The predicted octanol–water partition coefficient (Wildman–Crippen LogP) is 7.37. The number of halogens is 2. The van der Waals surface area contributed by atoms with E-state index in [4.69, 9.17) is 27.9 Å². The smallest absolute Gasteiger partial charge is 0.313 e. The van der Waals surface area contributed by atoms with Gasteiger partial charge in [-0.25, -0.2) is 0 Å². The molecule has 1 saturated heterocycles. The topological polar surface area (TPSA) is 58.6 Å². The van der Waals surface area contributed by atoms with E-state index < -0.39 is 0 Å². The van der Waals surface area contributed by atoms with Crippen LogP contribution >= 0.6 is 23.2 Å². The second-order valence-corrected chi connectivity index (χ2v) is 12.4. The van der Waals surface area contributed by atoms with Crippen molar-refractivity contribution in [2.24, 2.45) is 0 Å². The number of esters is 1. The molecule has 1 fully saturated rings. The van der Waals surface area contributed by atoms with Gasteiger partial charge in [-0.2, -0.15) is 0 Å². The van der Waals surface area contributed by atoms with Crippen LogP contribution in [0.1, 0.15) is 77.9 Å². The van der Waals surface area contributed by atoms with E-state index in [1.54, 1.807) is 11.0 Å². The predicted molar refractivity (Wildman–Crippen MR) is 165 cm³/mol. The molecule has 1 aliphatic carbocycles. The summed E-state index contributed by atoms with van der Waals surface area (Å²) in [5.74, 6) is -0.411. The number of fused-ring (bicyclic) bond motifs is 2. The number of amides is 1. The molecule has 7 heteroatoms. The van der Waals surface area contributed by atoms with Gasteiger partial charge in [0.1, 0.15) is 0 Å². The van der Waals surface area contributed by atoms with Gasteiger partial charge in [-0.15, -0.1) is 0 Å². The summed E-state index contributed by atoms with van der Waals surface area (Å²) in [6.07, 6.45) is 4.02. The lowest BCUT2D eigenvalue weighted by Gasteiger charge is -2.35.